The number of aromatic nitrogens is 5. The van der Waals surface area contributed by atoms with Crippen molar-refractivity contribution >= 4 is 41.0 Å². The molecular weight excluding hydrogens is 571 g/mol. The van der Waals surface area contributed by atoms with Gasteiger partial charge in [0.1, 0.15) is 18.1 Å². The largest absolute Gasteiger partial charge is 0.365 e. The zero-order valence-electron chi connectivity index (χ0n) is 25.7. The van der Waals surface area contributed by atoms with Gasteiger partial charge < -0.3 is 24.4 Å². The lowest BCUT2D eigenvalue weighted by atomic mass is 9.97. The van der Waals surface area contributed by atoms with Gasteiger partial charge >= 0.3 is 0 Å². The molecule has 2 saturated heterocycles. The number of hydrogen-bond acceptors (Lipinski definition) is 10. The van der Waals surface area contributed by atoms with Gasteiger partial charge in [-0.3, -0.25) is 0 Å². The van der Waals surface area contributed by atoms with Crippen molar-refractivity contribution in [3.05, 3.63) is 24.7 Å². The second kappa shape index (κ2) is 12.5. The van der Waals surface area contributed by atoms with Gasteiger partial charge in [-0.2, -0.15) is 9.29 Å². The summed E-state index contributed by atoms with van der Waals surface area (Å²) >= 11 is 0. The fraction of sp³-hybridized carbons (Fsp3) is 0.643. The second-order valence-corrected chi connectivity index (χ2v) is 20.7. The van der Waals surface area contributed by atoms with E-state index in [-0.39, 0.29) is 12.0 Å². The Bertz CT molecular complexity index is 1490. The maximum atomic E-state index is 12.4. The smallest absolute Gasteiger partial charge is 0.227 e. The van der Waals surface area contributed by atoms with Crippen molar-refractivity contribution < 1.29 is 13.2 Å². The molecule has 0 spiro atoms. The Morgan fingerprint density at radius 2 is 1.83 bits per heavy atom. The fourth-order valence-corrected chi connectivity index (χ4v) is 7.17. The van der Waals surface area contributed by atoms with E-state index in [2.05, 4.69) is 48.7 Å². The monoisotopic (exact) mass is 615 g/mol. The minimum atomic E-state index is -3.30. The highest BCUT2D eigenvalue weighted by Gasteiger charge is 2.31. The Morgan fingerprint density at radius 1 is 1.07 bits per heavy atom. The third kappa shape index (κ3) is 7.64. The van der Waals surface area contributed by atoms with E-state index in [0.717, 1.165) is 62.0 Å². The lowest BCUT2D eigenvalue weighted by Gasteiger charge is -2.36. The third-order valence-corrected chi connectivity index (χ3v) is 10.9. The summed E-state index contributed by atoms with van der Waals surface area (Å²) in [6, 6.07) is 2.97. The van der Waals surface area contributed by atoms with E-state index in [0.29, 0.717) is 37.3 Å². The Morgan fingerprint density at radius 3 is 2.55 bits per heavy atom. The fourth-order valence-electron chi connectivity index (χ4n) is 5.44. The van der Waals surface area contributed by atoms with E-state index in [1.165, 1.54) is 6.26 Å². The Hall–Kier alpha value is -2.65. The molecule has 2 aliphatic heterocycles. The molecule has 2 unspecified atom stereocenters. The molecule has 14 heteroatoms. The first-order chi connectivity index (χ1) is 19.9. The highest BCUT2D eigenvalue weighted by molar-refractivity contribution is 7.88. The van der Waals surface area contributed by atoms with Crippen LogP contribution >= 0.6 is 0 Å². The number of nitrogens with zero attached hydrogens (tertiary/aromatic N) is 8. The maximum absolute atomic E-state index is 12.4. The number of fused-ring (bicyclic) bond motifs is 1. The van der Waals surface area contributed by atoms with Crippen molar-refractivity contribution in [2.75, 3.05) is 69.4 Å². The van der Waals surface area contributed by atoms with Crippen LogP contribution in [0, 0.1) is 5.92 Å². The molecule has 2 fully saturated rings. The molecule has 3 aromatic heterocycles. The number of nitrogens with one attached hydrogen (secondary N) is 1. The first-order valence-electron chi connectivity index (χ1n) is 14.8. The Labute approximate surface area is 250 Å². The minimum absolute atomic E-state index is 0.0939. The van der Waals surface area contributed by atoms with Crippen molar-refractivity contribution in [3.8, 4) is 11.3 Å². The standard InChI is InChI=1S/C28H45N9O3SSi/c1-21-15-22(19-37(18-21)41(3,38)39)31-26-23(16-30-28(33-26)35-11-9-34(2)10-12-35)25-17-29-27-24(32-25)7-8-36(27)20-40-13-14-42(4,5)6/h7-8,16-17,21-22H,9-15,18-20H2,1-6H3,(H,30,31,33). The van der Waals surface area contributed by atoms with Crippen LogP contribution in [0.1, 0.15) is 13.3 Å². The van der Waals surface area contributed by atoms with Crippen molar-refractivity contribution in [3.63, 3.8) is 0 Å². The van der Waals surface area contributed by atoms with Crippen LogP contribution in [0.25, 0.3) is 22.4 Å². The van der Waals surface area contributed by atoms with Crippen LogP contribution in [-0.2, 0) is 21.5 Å². The number of rotatable bonds is 10. The van der Waals surface area contributed by atoms with Crippen molar-refractivity contribution in [1.82, 2.24) is 33.7 Å². The van der Waals surface area contributed by atoms with E-state index in [4.69, 9.17) is 24.7 Å². The topological polar surface area (TPSA) is 122 Å². The number of piperazine rings is 1. The highest BCUT2D eigenvalue weighted by Crippen LogP contribution is 2.30. The number of sulfonamides is 1. The molecule has 2 aliphatic rings. The summed E-state index contributed by atoms with van der Waals surface area (Å²) in [7, 11) is -2.33. The quantitative estimate of drug-likeness (QED) is 0.269. The van der Waals surface area contributed by atoms with E-state index >= 15 is 0 Å². The molecule has 5 rings (SSSR count). The first-order valence-corrected chi connectivity index (χ1v) is 20.3. The van der Waals surface area contributed by atoms with Gasteiger partial charge in [0.25, 0.3) is 0 Å². The number of likely N-dealkylation sites (N-methyl/N-ethyl adjacent to an activating group) is 1. The van der Waals surface area contributed by atoms with Crippen LogP contribution in [0.2, 0.25) is 25.7 Å². The van der Waals surface area contributed by atoms with Crippen LogP contribution in [-0.4, -0.2) is 115 Å². The first kappa shape index (κ1) is 30.8. The summed E-state index contributed by atoms with van der Waals surface area (Å²) in [5, 5.41) is 3.58. The maximum Gasteiger partial charge on any atom is 0.227 e. The molecule has 12 nitrogen and oxygen atoms in total. The lowest BCUT2D eigenvalue weighted by molar-refractivity contribution is 0.0899. The average Bonchev–Trinajstić information content (AvgIpc) is 3.32. The summed E-state index contributed by atoms with van der Waals surface area (Å²) in [6.07, 6.45) is 7.64. The highest BCUT2D eigenvalue weighted by atomic mass is 32.2. The van der Waals surface area contributed by atoms with Gasteiger partial charge in [0, 0.05) is 72.4 Å². The molecule has 0 radical (unpaired) electrons. The molecule has 3 aromatic rings. The van der Waals surface area contributed by atoms with Crippen molar-refractivity contribution in [1.29, 1.82) is 0 Å². The van der Waals surface area contributed by atoms with Crippen molar-refractivity contribution in [2.45, 2.75) is 51.8 Å². The number of anilines is 2. The molecule has 1 N–H and O–H groups in total. The predicted molar refractivity (Wildman–Crippen MR) is 170 cm³/mol. The number of ether oxygens (including phenoxy) is 1. The van der Waals surface area contributed by atoms with Gasteiger partial charge in [-0.05, 0) is 31.5 Å². The van der Waals surface area contributed by atoms with Crippen LogP contribution in [0.4, 0.5) is 11.8 Å². The van der Waals surface area contributed by atoms with Crippen LogP contribution < -0.4 is 10.2 Å². The molecular formula is C28H45N9O3SSi. The molecule has 230 valence electrons. The summed E-state index contributed by atoms with van der Waals surface area (Å²) in [4.78, 5) is 23.9. The third-order valence-electron chi connectivity index (χ3n) is 7.96. The van der Waals surface area contributed by atoms with E-state index < -0.39 is 18.1 Å². The van der Waals surface area contributed by atoms with E-state index in [1.54, 1.807) is 10.5 Å². The molecule has 5 heterocycles. The lowest BCUT2D eigenvalue weighted by Crippen LogP contribution is -2.48. The second-order valence-electron chi connectivity index (χ2n) is 13.1. The number of piperidine rings is 1. The zero-order valence-corrected chi connectivity index (χ0v) is 27.6. The summed E-state index contributed by atoms with van der Waals surface area (Å²) in [6.45, 7) is 14.8. The van der Waals surface area contributed by atoms with Crippen LogP contribution in [0.15, 0.2) is 24.7 Å². The minimum Gasteiger partial charge on any atom is -0.365 e. The van der Waals surface area contributed by atoms with E-state index in [9.17, 15) is 8.42 Å². The summed E-state index contributed by atoms with van der Waals surface area (Å²) in [5.74, 6) is 1.53. The molecule has 2 atom stereocenters. The zero-order chi connectivity index (χ0) is 30.1. The van der Waals surface area contributed by atoms with Gasteiger partial charge in [-0.1, -0.05) is 26.6 Å². The Balaban J connectivity index is 1.42. The van der Waals surface area contributed by atoms with Gasteiger partial charge in [-0.15, -0.1) is 0 Å². The predicted octanol–water partition coefficient (Wildman–Crippen LogP) is 3.03. The van der Waals surface area contributed by atoms with Gasteiger partial charge in [0.15, 0.2) is 5.65 Å². The SMILES string of the molecule is CC1CC(Nc2nc(N3CCN(C)CC3)ncc2-c2cnc3c(ccn3COCC[Si](C)(C)C)n2)CN(S(C)(=O)=O)C1. The molecule has 0 aromatic carbocycles. The number of hydrogen-bond donors (Lipinski definition) is 1. The summed E-state index contributed by atoms with van der Waals surface area (Å²) in [5.41, 5.74) is 2.94. The van der Waals surface area contributed by atoms with Gasteiger partial charge in [0.05, 0.1) is 23.7 Å². The van der Waals surface area contributed by atoms with Gasteiger partial charge in [-0.25, -0.2) is 23.4 Å². The average molecular weight is 616 g/mol. The van der Waals surface area contributed by atoms with Crippen LogP contribution in [0.3, 0.4) is 0 Å². The van der Waals surface area contributed by atoms with Gasteiger partial charge in [0.2, 0.25) is 16.0 Å². The summed E-state index contributed by atoms with van der Waals surface area (Å²) < 4.78 is 34.3. The normalized spacial score (nSPS) is 21.2. The molecule has 42 heavy (non-hydrogen) atoms. The molecule has 0 aliphatic carbocycles. The molecule has 0 saturated carbocycles. The van der Waals surface area contributed by atoms with Crippen LogP contribution in [0.5, 0.6) is 0 Å². The molecule has 0 amide bonds. The Kier molecular flexibility index (Phi) is 9.18. The van der Waals surface area contributed by atoms with E-state index in [1.807, 2.05) is 23.0 Å². The molecule has 0 bridgehead atoms. The van der Waals surface area contributed by atoms with Crippen molar-refractivity contribution in [2.24, 2.45) is 5.92 Å².